The first kappa shape index (κ1) is 18.0. The average Bonchev–Trinajstić information content (AvgIpc) is 2.73. The fraction of sp³-hybridized carbons (Fsp3) is 0.400. The smallest absolute Gasteiger partial charge is 0.143 e. The number of hydrogen-bond donors (Lipinski definition) is 0. The Labute approximate surface area is 162 Å². The van der Waals surface area contributed by atoms with E-state index in [0.717, 1.165) is 37.9 Å². The van der Waals surface area contributed by atoms with Crippen LogP contribution in [0.15, 0.2) is 60.7 Å². The van der Waals surface area contributed by atoms with Crippen LogP contribution < -0.4 is 4.74 Å². The number of allylic oxidation sites excluding steroid dienone is 1. The van der Waals surface area contributed by atoms with Crippen LogP contribution in [0.4, 0.5) is 0 Å². The summed E-state index contributed by atoms with van der Waals surface area (Å²) in [5, 5.41) is 0. The van der Waals surface area contributed by atoms with Gasteiger partial charge in [0.1, 0.15) is 11.5 Å². The number of carbonyl (C=O) groups is 1. The molecule has 140 valence electrons. The highest BCUT2D eigenvalue weighted by atomic mass is 16.5. The highest BCUT2D eigenvalue weighted by Crippen LogP contribution is 2.64. The van der Waals surface area contributed by atoms with Crippen molar-refractivity contribution in [1.82, 2.24) is 0 Å². The predicted molar refractivity (Wildman–Crippen MR) is 110 cm³/mol. The van der Waals surface area contributed by atoms with Gasteiger partial charge in [0.25, 0.3) is 0 Å². The van der Waals surface area contributed by atoms with Crippen LogP contribution >= 0.6 is 0 Å². The first-order valence-corrected chi connectivity index (χ1v) is 10.1. The number of carbonyl (C=O) groups excluding carboxylic acids is 1. The van der Waals surface area contributed by atoms with Crippen LogP contribution in [0.3, 0.4) is 0 Å². The Balaban J connectivity index is 1.42. The van der Waals surface area contributed by atoms with Crippen LogP contribution in [0.25, 0.3) is 6.08 Å². The molecule has 2 aliphatic carbocycles. The van der Waals surface area contributed by atoms with E-state index in [0.29, 0.717) is 11.7 Å². The molecule has 0 saturated heterocycles. The lowest BCUT2D eigenvalue weighted by Crippen LogP contribution is -2.58. The van der Waals surface area contributed by atoms with Crippen molar-refractivity contribution >= 4 is 11.9 Å². The van der Waals surface area contributed by atoms with Gasteiger partial charge in [-0.25, -0.2) is 0 Å². The molecule has 0 amide bonds. The first-order chi connectivity index (χ1) is 13.2. The van der Waals surface area contributed by atoms with Crippen molar-refractivity contribution in [3.8, 4) is 5.75 Å². The van der Waals surface area contributed by atoms with Crippen LogP contribution in [0.5, 0.6) is 5.75 Å². The Kier molecular flexibility index (Phi) is 5.15. The lowest BCUT2D eigenvalue weighted by molar-refractivity contribution is -0.158. The molecule has 2 bridgehead atoms. The second-order valence-corrected chi connectivity index (χ2v) is 7.98. The molecule has 2 nitrogen and oxygen atoms in total. The molecule has 0 aromatic heterocycles. The SMILES string of the molecule is COc1ccc([C@@H]2[C@@H]3CCC[C@@]2(CCC/C=C/c2ccccc2)C3=O)cc1. The van der Waals surface area contributed by atoms with Crippen molar-refractivity contribution in [2.24, 2.45) is 11.3 Å². The lowest BCUT2D eigenvalue weighted by Gasteiger charge is -2.58. The molecule has 2 aromatic rings. The number of hydrogen-bond acceptors (Lipinski definition) is 2. The summed E-state index contributed by atoms with van der Waals surface area (Å²) in [7, 11) is 1.70. The van der Waals surface area contributed by atoms with Crippen LogP contribution in [0, 0.1) is 11.3 Å². The van der Waals surface area contributed by atoms with Crippen molar-refractivity contribution in [2.75, 3.05) is 7.11 Å². The summed E-state index contributed by atoms with van der Waals surface area (Å²) < 4.78 is 5.29. The minimum atomic E-state index is -0.113. The molecule has 2 fully saturated rings. The van der Waals surface area contributed by atoms with Gasteiger partial charge < -0.3 is 4.74 Å². The number of unbranched alkanes of at least 4 members (excludes halogenated alkanes) is 1. The van der Waals surface area contributed by atoms with E-state index >= 15 is 0 Å². The summed E-state index contributed by atoms with van der Waals surface area (Å²) >= 11 is 0. The normalized spacial score (nSPS) is 26.8. The average molecular weight is 360 g/mol. The highest BCUT2D eigenvalue weighted by molar-refractivity contribution is 5.96. The van der Waals surface area contributed by atoms with Gasteiger partial charge >= 0.3 is 0 Å². The quantitative estimate of drug-likeness (QED) is 0.563. The number of fused-ring (bicyclic) bond motifs is 2. The summed E-state index contributed by atoms with van der Waals surface area (Å²) in [4.78, 5) is 12.9. The molecule has 27 heavy (non-hydrogen) atoms. The third-order valence-corrected chi connectivity index (χ3v) is 6.54. The standard InChI is InChI=1S/C25H28O2/c1-27-21-15-13-20(14-16-21)23-22-12-8-18-25(23,24(22)26)17-7-3-6-11-19-9-4-2-5-10-19/h2,4-6,9-11,13-16,22-23H,3,7-8,12,17-18H2,1H3/b11-6+/t22-,23+,25+/m0/s1. The predicted octanol–water partition coefficient (Wildman–Crippen LogP) is 6.03. The van der Waals surface area contributed by atoms with Gasteiger partial charge in [0.2, 0.25) is 0 Å². The van der Waals surface area contributed by atoms with Crippen LogP contribution in [-0.4, -0.2) is 12.9 Å². The molecule has 0 spiro atoms. The molecule has 0 N–H and O–H groups in total. The van der Waals surface area contributed by atoms with E-state index in [4.69, 9.17) is 4.74 Å². The first-order valence-electron chi connectivity index (χ1n) is 10.1. The van der Waals surface area contributed by atoms with Crippen LogP contribution in [-0.2, 0) is 4.79 Å². The molecule has 0 radical (unpaired) electrons. The molecule has 2 heteroatoms. The second-order valence-electron chi connectivity index (χ2n) is 7.98. The van der Waals surface area contributed by atoms with Crippen molar-refractivity contribution in [3.63, 3.8) is 0 Å². The third kappa shape index (κ3) is 3.34. The molecular formula is C25H28O2. The zero-order chi connectivity index (χ0) is 18.7. The van der Waals surface area contributed by atoms with Gasteiger partial charge in [-0.15, -0.1) is 0 Å². The fourth-order valence-electron chi connectivity index (χ4n) is 5.26. The van der Waals surface area contributed by atoms with Gasteiger partial charge in [-0.05, 0) is 55.4 Å². The summed E-state index contributed by atoms with van der Waals surface area (Å²) in [6, 6.07) is 18.8. The highest BCUT2D eigenvalue weighted by Gasteiger charge is 2.62. The zero-order valence-corrected chi connectivity index (χ0v) is 16.1. The number of rotatable bonds is 7. The Morgan fingerprint density at radius 3 is 2.59 bits per heavy atom. The van der Waals surface area contributed by atoms with E-state index in [2.05, 4.69) is 48.6 Å². The molecule has 2 aromatic carbocycles. The summed E-state index contributed by atoms with van der Waals surface area (Å²) in [5.74, 6) is 2.06. The van der Waals surface area contributed by atoms with Crippen LogP contribution in [0.1, 0.15) is 55.6 Å². The van der Waals surface area contributed by atoms with E-state index in [1.54, 1.807) is 7.11 Å². The minimum absolute atomic E-state index is 0.113. The largest absolute Gasteiger partial charge is 0.497 e. The maximum Gasteiger partial charge on any atom is 0.143 e. The topological polar surface area (TPSA) is 26.3 Å². The maximum atomic E-state index is 12.9. The molecule has 0 heterocycles. The number of Topliss-reactive ketones (excluding diaryl/α,β-unsaturated/α-hetero) is 1. The van der Waals surface area contributed by atoms with Crippen molar-refractivity contribution in [3.05, 3.63) is 71.8 Å². The lowest BCUT2D eigenvalue weighted by atomic mass is 9.43. The van der Waals surface area contributed by atoms with E-state index < -0.39 is 0 Å². The monoisotopic (exact) mass is 360 g/mol. The van der Waals surface area contributed by atoms with Gasteiger partial charge in [-0.2, -0.15) is 0 Å². The van der Waals surface area contributed by atoms with Crippen molar-refractivity contribution in [1.29, 1.82) is 0 Å². The Morgan fingerprint density at radius 2 is 1.89 bits per heavy atom. The number of ketones is 1. The Bertz CT molecular complexity index is 806. The van der Waals surface area contributed by atoms with Crippen molar-refractivity contribution < 1.29 is 9.53 Å². The molecular weight excluding hydrogens is 332 g/mol. The number of benzene rings is 2. The molecule has 0 aliphatic heterocycles. The fourth-order valence-corrected chi connectivity index (χ4v) is 5.26. The molecule has 0 unspecified atom stereocenters. The van der Waals surface area contributed by atoms with Gasteiger partial charge in [-0.1, -0.05) is 61.0 Å². The van der Waals surface area contributed by atoms with Gasteiger partial charge in [0, 0.05) is 17.3 Å². The molecule has 3 atom stereocenters. The van der Waals surface area contributed by atoms with Gasteiger partial charge in [0.15, 0.2) is 0 Å². The third-order valence-electron chi connectivity index (χ3n) is 6.54. The number of methoxy groups -OCH3 is 1. The molecule has 2 aliphatic rings. The van der Waals surface area contributed by atoms with Gasteiger partial charge in [-0.3, -0.25) is 4.79 Å². The molecule has 2 saturated carbocycles. The molecule has 4 rings (SSSR count). The Morgan fingerprint density at radius 1 is 1.11 bits per heavy atom. The summed E-state index contributed by atoms with van der Waals surface area (Å²) in [6.45, 7) is 0. The van der Waals surface area contributed by atoms with Gasteiger partial charge in [0.05, 0.1) is 7.11 Å². The zero-order valence-electron chi connectivity index (χ0n) is 16.1. The van der Waals surface area contributed by atoms with Crippen molar-refractivity contribution in [2.45, 2.75) is 44.4 Å². The summed E-state index contributed by atoms with van der Waals surface area (Å²) in [6.07, 6.45) is 10.9. The summed E-state index contributed by atoms with van der Waals surface area (Å²) in [5.41, 5.74) is 2.45. The second kappa shape index (κ2) is 7.72. The van der Waals surface area contributed by atoms with E-state index in [9.17, 15) is 4.79 Å². The maximum absolute atomic E-state index is 12.9. The van der Waals surface area contributed by atoms with Crippen LogP contribution in [0.2, 0.25) is 0 Å². The van der Waals surface area contributed by atoms with E-state index in [1.165, 1.54) is 17.5 Å². The minimum Gasteiger partial charge on any atom is -0.497 e. The Hall–Kier alpha value is -2.35. The number of ether oxygens (including phenoxy) is 1. The van der Waals surface area contributed by atoms with E-state index in [-0.39, 0.29) is 11.3 Å². The van der Waals surface area contributed by atoms with E-state index in [1.807, 2.05) is 18.2 Å².